The zero-order valence-corrected chi connectivity index (χ0v) is 18.5. The molecule has 33 heavy (non-hydrogen) atoms. The molecule has 0 radical (unpaired) electrons. The molecular formula is C19H16N6O6S2. The van der Waals surface area contributed by atoms with Crippen molar-refractivity contribution in [3.63, 3.8) is 0 Å². The lowest BCUT2D eigenvalue weighted by atomic mass is 10.2. The van der Waals surface area contributed by atoms with Crippen LogP contribution in [0.3, 0.4) is 0 Å². The van der Waals surface area contributed by atoms with E-state index in [1.807, 2.05) is 0 Å². The molecule has 0 saturated heterocycles. The summed E-state index contributed by atoms with van der Waals surface area (Å²) in [5.74, 6) is -0.406. The molecule has 14 heteroatoms. The maximum atomic E-state index is 12.5. The average Bonchev–Trinajstić information content (AvgIpc) is 2.79. The van der Waals surface area contributed by atoms with Gasteiger partial charge in [-0.3, -0.25) is 24.9 Å². The zero-order chi connectivity index (χ0) is 24.0. The molecular weight excluding hydrogens is 472 g/mol. The van der Waals surface area contributed by atoms with Gasteiger partial charge in [0.1, 0.15) is 12.1 Å². The second-order valence-corrected chi connectivity index (χ2v) is 8.38. The number of carbonyl (C=O) groups excluding carboxylic acids is 1. The van der Waals surface area contributed by atoms with Crippen LogP contribution < -0.4 is 20.1 Å². The Morgan fingerprint density at radius 3 is 2.52 bits per heavy atom. The lowest BCUT2D eigenvalue weighted by Gasteiger charge is -2.11. The topological polar surface area (TPSA) is 165 Å². The highest BCUT2D eigenvalue weighted by Crippen LogP contribution is 2.19. The van der Waals surface area contributed by atoms with E-state index in [1.54, 1.807) is 0 Å². The molecule has 0 unspecified atom stereocenters. The Bertz CT molecular complexity index is 1310. The standard InChI is InChI=1S/C19H16N6O6S2/c1-31-17-10-16(20-11-21-17)24-33(29,30)15-7-5-13(6-8-15)22-19(32)23-18(26)12-3-2-4-14(9-12)25(27)28/h2-11H,1H3,(H,20,21,24)(H2,22,23,26,32). The number of methoxy groups -OCH3 is 1. The molecule has 1 aromatic heterocycles. The zero-order valence-electron chi connectivity index (χ0n) is 16.9. The van der Waals surface area contributed by atoms with E-state index in [0.717, 1.165) is 12.4 Å². The van der Waals surface area contributed by atoms with Crippen molar-refractivity contribution in [2.75, 3.05) is 17.1 Å². The van der Waals surface area contributed by atoms with E-state index >= 15 is 0 Å². The molecule has 3 N–H and O–H groups in total. The number of ether oxygens (including phenoxy) is 1. The number of anilines is 2. The molecule has 1 heterocycles. The van der Waals surface area contributed by atoms with Crippen LogP contribution in [0.2, 0.25) is 0 Å². The van der Waals surface area contributed by atoms with Gasteiger partial charge in [-0.2, -0.15) is 0 Å². The van der Waals surface area contributed by atoms with E-state index in [1.165, 1.54) is 55.6 Å². The Kier molecular flexibility index (Phi) is 7.10. The van der Waals surface area contributed by atoms with Gasteiger partial charge < -0.3 is 10.1 Å². The monoisotopic (exact) mass is 488 g/mol. The third kappa shape index (κ3) is 6.18. The Morgan fingerprint density at radius 2 is 1.85 bits per heavy atom. The van der Waals surface area contributed by atoms with Gasteiger partial charge in [-0.25, -0.2) is 18.4 Å². The second kappa shape index (κ2) is 9.97. The highest BCUT2D eigenvalue weighted by molar-refractivity contribution is 7.92. The van der Waals surface area contributed by atoms with Gasteiger partial charge in [0.25, 0.3) is 21.6 Å². The first kappa shape index (κ1) is 23.5. The maximum absolute atomic E-state index is 12.5. The lowest BCUT2D eigenvalue weighted by molar-refractivity contribution is -0.384. The Hall–Kier alpha value is -4.17. The molecule has 0 fully saturated rings. The van der Waals surface area contributed by atoms with Gasteiger partial charge in [0, 0.05) is 29.4 Å². The molecule has 0 aliphatic heterocycles. The van der Waals surface area contributed by atoms with Crippen LogP contribution in [0.5, 0.6) is 5.88 Å². The van der Waals surface area contributed by atoms with Gasteiger partial charge in [-0.05, 0) is 42.5 Å². The van der Waals surface area contributed by atoms with Crippen LogP contribution in [-0.2, 0) is 10.0 Å². The third-order valence-corrected chi connectivity index (χ3v) is 5.63. The number of rotatable bonds is 7. The average molecular weight is 489 g/mol. The van der Waals surface area contributed by atoms with Crippen LogP contribution in [0, 0.1) is 10.1 Å². The summed E-state index contributed by atoms with van der Waals surface area (Å²) < 4.78 is 32.3. The summed E-state index contributed by atoms with van der Waals surface area (Å²) >= 11 is 5.08. The molecule has 3 rings (SSSR count). The minimum Gasteiger partial charge on any atom is -0.481 e. The van der Waals surface area contributed by atoms with E-state index in [0.29, 0.717) is 5.69 Å². The minimum atomic E-state index is -3.93. The number of sulfonamides is 1. The van der Waals surface area contributed by atoms with Crippen molar-refractivity contribution in [2.45, 2.75) is 4.90 Å². The normalized spacial score (nSPS) is 10.7. The number of nitrogens with one attached hydrogen (secondary N) is 3. The molecule has 3 aromatic rings. The minimum absolute atomic E-state index is 0.0362. The van der Waals surface area contributed by atoms with Gasteiger partial charge in [-0.1, -0.05) is 6.07 Å². The number of amides is 1. The van der Waals surface area contributed by atoms with Crippen LogP contribution >= 0.6 is 12.2 Å². The predicted octanol–water partition coefficient (Wildman–Crippen LogP) is 2.32. The molecule has 0 aliphatic carbocycles. The van der Waals surface area contributed by atoms with Crippen molar-refractivity contribution < 1.29 is 22.9 Å². The van der Waals surface area contributed by atoms with Gasteiger partial charge >= 0.3 is 0 Å². The second-order valence-electron chi connectivity index (χ2n) is 6.29. The van der Waals surface area contributed by atoms with Crippen LogP contribution in [0.1, 0.15) is 10.4 Å². The van der Waals surface area contributed by atoms with Crippen molar-refractivity contribution in [3.05, 3.63) is 76.6 Å². The van der Waals surface area contributed by atoms with Gasteiger partial charge in [0.05, 0.1) is 16.9 Å². The van der Waals surface area contributed by atoms with E-state index in [-0.39, 0.29) is 33.0 Å². The van der Waals surface area contributed by atoms with E-state index in [2.05, 4.69) is 25.3 Å². The highest BCUT2D eigenvalue weighted by atomic mass is 32.2. The highest BCUT2D eigenvalue weighted by Gasteiger charge is 2.16. The van der Waals surface area contributed by atoms with E-state index in [4.69, 9.17) is 17.0 Å². The number of aromatic nitrogens is 2. The summed E-state index contributed by atoms with van der Waals surface area (Å²) in [7, 11) is -2.54. The Balaban J connectivity index is 1.63. The first-order valence-corrected chi connectivity index (χ1v) is 10.9. The Labute approximate surface area is 193 Å². The van der Waals surface area contributed by atoms with E-state index in [9.17, 15) is 23.3 Å². The number of nitro groups is 1. The fourth-order valence-corrected chi connectivity index (χ4v) is 3.73. The number of benzene rings is 2. The van der Waals surface area contributed by atoms with Crippen LogP contribution in [0.4, 0.5) is 17.2 Å². The number of hydrogen-bond acceptors (Lipinski definition) is 9. The fraction of sp³-hybridized carbons (Fsp3) is 0.0526. The molecule has 0 spiro atoms. The lowest BCUT2D eigenvalue weighted by Crippen LogP contribution is -2.34. The maximum Gasteiger partial charge on any atom is 0.270 e. The third-order valence-electron chi connectivity index (χ3n) is 4.06. The molecule has 1 amide bonds. The molecule has 0 atom stereocenters. The predicted molar refractivity (Wildman–Crippen MR) is 123 cm³/mol. The number of non-ortho nitro benzene ring substituents is 1. The largest absolute Gasteiger partial charge is 0.481 e. The number of nitro benzene ring substituents is 1. The van der Waals surface area contributed by atoms with E-state index < -0.39 is 20.9 Å². The van der Waals surface area contributed by atoms with Crippen LogP contribution in [-0.4, -0.2) is 41.4 Å². The molecule has 170 valence electrons. The first-order valence-electron chi connectivity index (χ1n) is 9.03. The summed E-state index contributed by atoms with van der Waals surface area (Å²) in [5, 5.41) is 15.9. The quantitative estimate of drug-likeness (QED) is 0.255. The SMILES string of the molecule is COc1cc(NS(=O)(=O)c2ccc(NC(=S)NC(=O)c3cccc([N+](=O)[O-])c3)cc2)ncn1. The first-order chi connectivity index (χ1) is 15.7. The molecule has 0 saturated carbocycles. The summed E-state index contributed by atoms with van der Waals surface area (Å²) in [6.07, 6.45) is 1.16. The van der Waals surface area contributed by atoms with Crippen molar-refractivity contribution >= 4 is 50.5 Å². The van der Waals surface area contributed by atoms with Crippen molar-refractivity contribution in [2.24, 2.45) is 0 Å². The number of hydrogen-bond donors (Lipinski definition) is 3. The van der Waals surface area contributed by atoms with Crippen molar-refractivity contribution in [1.29, 1.82) is 0 Å². The summed E-state index contributed by atoms with van der Waals surface area (Å²) in [4.78, 5) is 30.1. The molecule has 0 bridgehead atoms. The number of carbonyl (C=O) groups is 1. The smallest absolute Gasteiger partial charge is 0.270 e. The summed E-state index contributed by atoms with van der Waals surface area (Å²) in [6.45, 7) is 0. The molecule has 12 nitrogen and oxygen atoms in total. The Morgan fingerprint density at radius 1 is 1.12 bits per heavy atom. The van der Waals surface area contributed by atoms with Crippen LogP contribution in [0.25, 0.3) is 0 Å². The summed E-state index contributed by atoms with van der Waals surface area (Å²) in [6, 6.07) is 12.1. The van der Waals surface area contributed by atoms with Gasteiger partial charge in [-0.15, -0.1) is 0 Å². The fourth-order valence-electron chi connectivity index (χ4n) is 2.52. The van der Waals surface area contributed by atoms with Gasteiger partial charge in [0.2, 0.25) is 5.88 Å². The van der Waals surface area contributed by atoms with Crippen LogP contribution in [0.15, 0.2) is 65.8 Å². The number of thiocarbonyl (C=S) groups is 1. The van der Waals surface area contributed by atoms with Crippen molar-refractivity contribution in [3.8, 4) is 5.88 Å². The molecule has 0 aliphatic rings. The van der Waals surface area contributed by atoms with Gasteiger partial charge in [0.15, 0.2) is 5.11 Å². The molecule has 2 aromatic carbocycles. The van der Waals surface area contributed by atoms with Crippen molar-refractivity contribution in [1.82, 2.24) is 15.3 Å². The summed E-state index contributed by atoms with van der Waals surface area (Å²) in [5.41, 5.74) is 0.233. The number of nitrogens with zero attached hydrogens (tertiary/aromatic N) is 3.